The van der Waals surface area contributed by atoms with Gasteiger partial charge in [-0.3, -0.25) is 9.59 Å². The number of hydrogen-bond donors (Lipinski definition) is 1. The molecule has 0 saturated carbocycles. The van der Waals surface area contributed by atoms with Crippen LogP contribution in [0, 0.1) is 26.7 Å². The first kappa shape index (κ1) is 17.5. The molecule has 0 aromatic heterocycles. The van der Waals surface area contributed by atoms with Crippen LogP contribution in [-0.2, 0) is 9.59 Å². The van der Waals surface area contributed by atoms with Crippen LogP contribution in [0.3, 0.4) is 0 Å². The van der Waals surface area contributed by atoms with Crippen molar-refractivity contribution < 1.29 is 9.59 Å². The number of carbonyl (C=O) groups excluding carboxylic acids is 2. The quantitative estimate of drug-likeness (QED) is 0.893. The lowest BCUT2D eigenvalue weighted by Crippen LogP contribution is -2.28. The lowest BCUT2D eigenvalue weighted by Gasteiger charge is -2.17. The van der Waals surface area contributed by atoms with E-state index in [1.54, 1.807) is 11.0 Å². The summed E-state index contributed by atoms with van der Waals surface area (Å²) in [5.74, 6) is -0.548. The summed E-state index contributed by atoms with van der Waals surface area (Å²) in [6.45, 7) is 6.27. The number of nitrogens with one attached hydrogen (secondary N) is 1. The van der Waals surface area contributed by atoms with Crippen LogP contribution in [0.5, 0.6) is 0 Å². The Morgan fingerprint density at radius 3 is 2.44 bits per heavy atom. The van der Waals surface area contributed by atoms with Crippen molar-refractivity contribution in [2.45, 2.75) is 27.2 Å². The third-order valence-electron chi connectivity index (χ3n) is 4.45. The molecule has 0 spiro atoms. The van der Waals surface area contributed by atoms with Crippen LogP contribution in [0.1, 0.15) is 23.1 Å². The van der Waals surface area contributed by atoms with Crippen molar-refractivity contribution >= 4 is 34.8 Å². The molecule has 1 fully saturated rings. The molecule has 0 radical (unpaired) electrons. The summed E-state index contributed by atoms with van der Waals surface area (Å²) in [5, 5.41) is 3.55. The van der Waals surface area contributed by atoms with Crippen LogP contribution in [0.4, 0.5) is 11.4 Å². The zero-order valence-corrected chi connectivity index (χ0v) is 15.4. The number of carbonyl (C=O) groups is 2. The third kappa shape index (κ3) is 3.85. The molecule has 130 valence electrons. The van der Waals surface area contributed by atoms with E-state index in [4.69, 9.17) is 11.6 Å². The highest BCUT2D eigenvalue weighted by Crippen LogP contribution is 2.29. The van der Waals surface area contributed by atoms with Gasteiger partial charge in [-0.15, -0.1) is 0 Å². The standard InChI is InChI=1S/C20H21ClN2O2/c1-12-6-13(2)8-16(7-12)22-20(25)15-9-19(24)23(11-15)17-5-4-14(3)18(21)10-17/h4-8,10,15H,9,11H2,1-3H3,(H,22,25). The van der Waals surface area contributed by atoms with Gasteiger partial charge < -0.3 is 10.2 Å². The topological polar surface area (TPSA) is 49.4 Å². The van der Waals surface area contributed by atoms with Gasteiger partial charge in [0.25, 0.3) is 0 Å². The van der Waals surface area contributed by atoms with Crippen LogP contribution < -0.4 is 10.2 Å². The van der Waals surface area contributed by atoms with Gasteiger partial charge in [0.2, 0.25) is 11.8 Å². The minimum Gasteiger partial charge on any atom is -0.326 e. The predicted molar refractivity (Wildman–Crippen MR) is 101 cm³/mol. The van der Waals surface area contributed by atoms with Gasteiger partial charge in [-0.25, -0.2) is 0 Å². The Bertz CT molecular complexity index is 827. The SMILES string of the molecule is Cc1cc(C)cc(NC(=O)C2CC(=O)N(c3ccc(C)c(Cl)c3)C2)c1. The average Bonchev–Trinajstić information content (AvgIpc) is 2.91. The molecule has 2 amide bonds. The van der Waals surface area contributed by atoms with Crippen molar-refractivity contribution in [1.82, 2.24) is 0 Å². The van der Waals surface area contributed by atoms with E-state index in [-0.39, 0.29) is 24.2 Å². The Kier molecular flexibility index (Phi) is 4.82. The van der Waals surface area contributed by atoms with Crippen molar-refractivity contribution in [3.8, 4) is 0 Å². The summed E-state index contributed by atoms with van der Waals surface area (Å²) >= 11 is 6.16. The number of rotatable bonds is 3. The van der Waals surface area contributed by atoms with Gasteiger partial charge in [0.1, 0.15) is 0 Å². The average molecular weight is 357 g/mol. The summed E-state index contributed by atoms with van der Waals surface area (Å²) in [6, 6.07) is 11.4. The maximum Gasteiger partial charge on any atom is 0.229 e. The molecule has 1 N–H and O–H groups in total. The maximum atomic E-state index is 12.6. The minimum absolute atomic E-state index is 0.0551. The Balaban J connectivity index is 1.73. The zero-order valence-electron chi connectivity index (χ0n) is 14.6. The van der Waals surface area contributed by atoms with Crippen LogP contribution in [-0.4, -0.2) is 18.4 Å². The molecule has 2 aromatic rings. The molecule has 25 heavy (non-hydrogen) atoms. The van der Waals surface area contributed by atoms with E-state index in [0.29, 0.717) is 11.6 Å². The van der Waals surface area contributed by atoms with Crippen molar-refractivity contribution in [3.63, 3.8) is 0 Å². The van der Waals surface area contributed by atoms with Gasteiger partial charge in [-0.2, -0.15) is 0 Å². The van der Waals surface area contributed by atoms with E-state index in [9.17, 15) is 9.59 Å². The van der Waals surface area contributed by atoms with E-state index in [1.807, 2.05) is 45.0 Å². The fourth-order valence-corrected chi connectivity index (χ4v) is 3.35. The van der Waals surface area contributed by atoms with E-state index >= 15 is 0 Å². The molecule has 4 nitrogen and oxygen atoms in total. The first-order valence-corrected chi connectivity index (χ1v) is 8.67. The molecule has 5 heteroatoms. The summed E-state index contributed by atoms with van der Waals surface area (Å²) in [7, 11) is 0. The largest absolute Gasteiger partial charge is 0.326 e. The van der Waals surface area contributed by atoms with Crippen molar-refractivity contribution in [3.05, 3.63) is 58.1 Å². The smallest absolute Gasteiger partial charge is 0.229 e. The van der Waals surface area contributed by atoms with Crippen LogP contribution in [0.15, 0.2) is 36.4 Å². The maximum absolute atomic E-state index is 12.6. The number of amides is 2. The lowest BCUT2D eigenvalue weighted by atomic mass is 10.1. The third-order valence-corrected chi connectivity index (χ3v) is 4.86. The monoisotopic (exact) mass is 356 g/mol. The predicted octanol–water partition coefficient (Wildman–Crippen LogP) is 4.26. The fraction of sp³-hybridized carbons (Fsp3) is 0.300. The summed E-state index contributed by atoms with van der Waals surface area (Å²) in [5.41, 5.74) is 4.65. The van der Waals surface area contributed by atoms with Crippen LogP contribution in [0.2, 0.25) is 5.02 Å². The molecule has 2 aromatic carbocycles. The van der Waals surface area contributed by atoms with E-state index in [0.717, 1.165) is 28.1 Å². The van der Waals surface area contributed by atoms with E-state index in [2.05, 4.69) is 11.4 Å². The molecule has 0 bridgehead atoms. The number of nitrogens with zero attached hydrogens (tertiary/aromatic N) is 1. The van der Waals surface area contributed by atoms with Gasteiger partial charge in [0, 0.05) is 29.4 Å². The normalized spacial score (nSPS) is 17.0. The van der Waals surface area contributed by atoms with Gasteiger partial charge >= 0.3 is 0 Å². The van der Waals surface area contributed by atoms with Crippen LogP contribution >= 0.6 is 11.6 Å². The molecule has 1 aliphatic heterocycles. The van der Waals surface area contributed by atoms with E-state index < -0.39 is 0 Å². The molecular weight excluding hydrogens is 336 g/mol. The van der Waals surface area contributed by atoms with Gasteiger partial charge in [0.15, 0.2) is 0 Å². The highest BCUT2D eigenvalue weighted by atomic mass is 35.5. The van der Waals surface area contributed by atoms with Crippen molar-refractivity contribution in [2.24, 2.45) is 5.92 Å². The second-order valence-electron chi connectivity index (χ2n) is 6.70. The van der Waals surface area contributed by atoms with Gasteiger partial charge in [-0.05, 0) is 61.7 Å². The molecule has 1 atom stereocenters. The molecule has 3 rings (SSSR count). The number of anilines is 2. The summed E-state index contributed by atoms with van der Waals surface area (Å²) < 4.78 is 0. The van der Waals surface area contributed by atoms with Gasteiger partial charge in [0.05, 0.1) is 5.92 Å². The molecule has 1 heterocycles. The number of hydrogen-bond acceptors (Lipinski definition) is 2. The number of aryl methyl sites for hydroxylation is 3. The fourth-order valence-electron chi connectivity index (χ4n) is 3.17. The molecule has 0 aliphatic carbocycles. The summed E-state index contributed by atoms with van der Waals surface area (Å²) in [6.07, 6.45) is 0.210. The first-order chi connectivity index (χ1) is 11.8. The van der Waals surface area contributed by atoms with Crippen molar-refractivity contribution in [1.29, 1.82) is 0 Å². The Labute approximate surface area is 152 Å². The molecule has 1 unspecified atom stereocenters. The van der Waals surface area contributed by atoms with Gasteiger partial charge in [-0.1, -0.05) is 23.7 Å². The second kappa shape index (κ2) is 6.89. The second-order valence-corrected chi connectivity index (χ2v) is 7.11. The molecular formula is C20H21ClN2O2. The number of benzene rings is 2. The molecule has 1 aliphatic rings. The first-order valence-electron chi connectivity index (χ1n) is 8.29. The lowest BCUT2D eigenvalue weighted by molar-refractivity contribution is -0.122. The van der Waals surface area contributed by atoms with Crippen molar-refractivity contribution in [2.75, 3.05) is 16.8 Å². The van der Waals surface area contributed by atoms with E-state index in [1.165, 1.54) is 0 Å². The Morgan fingerprint density at radius 2 is 1.80 bits per heavy atom. The number of halogens is 1. The zero-order chi connectivity index (χ0) is 18.1. The summed E-state index contributed by atoms with van der Waals surface area (Å²) in [4.78, 5) is 26.6. The Hall–Kier alpha value is -2.33. The minimum atomic E-state index is -0.367. The van der Waals surface area contributed by atoms with Crippen LogP contribution in [0.25, 0.3) is 0 Å². The molecule has 1 saturated heterocycles. The Morgan fingerprint density at radius 1 is 1.12 bits per heavy atom. The highest BCUT2D eigenvalue weighted by molar-refractivity contribution is 6.31. The highest BCUT2D eigenvalue weighted by Gasteiger charge is 2.35.